The highest BCUT2D eigenvalue weighted by atomic mass is 79.9. The number of nitrogens with one attached hydrogen (secondary N) is 1. The molecule has 0 aliphatic carbocycles. The van der Waals surface area contributed by atoms with E-state index < -0.39 is 47.1 Å². The fourth-order valence-corrected chi connectivity index (χ4v) is 5.23. The third-order valence-corrected chi connectivity index (χ3v) is 7.20. The SMILES string of the molecule is CCOC(=O)[C@@H]1Cc2cc(Br)ccc2N(C(=O)CC(C)(C)C[C@H](NC(=O)OC(C)(C)C)[C@@H](O)C[C@@H](C)C(=O)O)C1. The average Bonchev–Trinajstić information content (AvgIpc) is 2.80. The Morgan fingerprint density at radius 2 is 1.82 bits per heavy atom. The van der Waals surface area contributed by atoms with Crippen LogP contribution in [0, 0.1) is 17.3 Å². The summed E-state index contributed by atoms with van der Waals surface area (Å²) in [6, 6.07) is 4.72. The van der Waals surface area contributed by atoms with E-state index in [2.05, 4.69) is 21.2 Å². The van der Waals surface area contributed by atoms with E-state index in [1.165, 1.54) is 6.92 Å². The van der Waals surface area contributed by atoms with Crippen molar-refractivity contribution >= 4 is 45.6 Å². The van der Waals surface area contributed by atoms with Gasteiger partial charge >= 0.3 is 18.0 Å². The maximum absolute atomic E-state index is 13.7. The zero-order chi connectivity index (χ0) is 30.4. The molecule has 40 heavy (non-hydrogen) atoms. The standard InChI is InChI=1S/C29H43BrN2O8/c1-8-39-26(37)19-12-18-13-20(30)9-10-22(18)32(16-19)24(34)15-29(6,7)14-21(23(33)11-17(2)25(35)36)31-27(38)40-28(3,4)5/h9-10,13,17,19,21,23,33H,8,11-12,14-16H2,1-7H3,(H,31,38)(H,35,36)/t17-,19-,21+,23+/m1/s1. The van der Waals surface area contributed by atoms with Crippen LogP contribution in [0.2, 0.25) is 0 Å². The number of carboxylic acid groups (broad SMARTS) is 1. The summed E-state index contributed by atoms with van der Waals surface area (Å²) >= 11 is 3.46. The molecule has 11 heteroatoms. The van der Waals surface area contributed by atoms with Gasteiger partial charge in [0.1, 0.15) is 5.60 Å². The Balaban J connectivity index is 2.27. The first-order chi connectivity index (χ1) is 18.4. The van der Waals surface area contributed by atoms with Crippen LogP contribution in [0.4, 0.5) is 10.5 Å². The van der Waals surface area contributed by atoms with Crippen LogP contribution in [0.3, 0.4) is 0 Å². The molecule has 1 aromatic carbocycles. The number of carboxylic acids is 1. The van der Waals surface area contributed by atoms with Crippen molar-refractivity contribution < 1.29 is 38.9 Å². The number of esters is 1. The Kier molecular flexibility index (Phi) is 11.6. The first-order valence-electron chi connectivity index (χ1n) is 13.6. The van der Waals surface area contributed by atoms with Crippen LogP contribution in [-0.4, -0.2) is 65.1 Å². The van der Waals surface area contributed by atoms with Crippen molar-refractivity contribution in [1.82, 2.24) is 5.32 Å². The molecular weight excluding hydrogens is 584 g/mol. The minimum Gasteiger partial charge on any atom is -0.481 e. The van der Waals surface area contributed by atoms with Gasteiger partial charge in [0.2, 0.25) is 5.91 Å². The molecule has 0 unspecified atom stereocenters. The van der Waals surface area contributed by atoms with E-state index in [1.54, 1.807) is 32.6 Å². The molecule has 2 rings (SSSR count). The third kappa shape index (κ3) is 10.1. The fourth-order valence-electron chi connectivity index (χ4n) is 4.83. The Morgan fingerprint density at radius 3 is 2.40 bits per heavy atom. The van der Waals surface area contributed by atoms with E-state index >= 15 is 0 Å². The second-order valence-electron chi connectivity index (χ2n) is 12.3. The van der Waals surface area contributed by atoms with Gasteiger partial charge in [-0.25, -0.2) is 4.79 Å². The van der Waals surface area contributed by atoms with Crippen LogP contribution in [0.25, 0.3) is 0 Å². The summed E-state index contributed by atoms with van der Waals surface area (Å²) in [4.78, 5) is 51.9. The lowest BCUT2D eigenvalue weighted by atomic mass is 9.79. The number of carbonyl (C=O) groups is 4. The molecule has 0 saturated carbocycles. The summed E-state index contributed by atoms with van der Waals surface area (Å²) in [5, 5.41) is 23.0. The number of carbonyl (C=O) groups excluding carboxylic acids is 3. The van der Waals surface area contributed by atoms with Gasteiger partial charge in [-0.15, -0.1) is 0 Å². The Hall–Kier alpha value is -2.66. The minimum atomic E-state index is -1.19. The van der Waals surface area contributed by atoms with E-state index in [1.807, 2.05) is 32.0 Å². The monoisotopic (exact) mass is 626 g/mol. The number of aliphatic hydroxyl groups excluding tert-OH is 1. The molecule has 1 heterocycles. The molecular formula is C29H43BrN2O8. The van der Waals surface area contributed by atoms with Gasteiger partial charge in [-0.1, -0.05) is 36.7 Å². The van der Waals surface area contributed by atoms with Crippen molar-refractivity contribution in [1.29, 1.82) is 0 Å². The largest absolute Gasteiger partial charge is 0.481 e. The van der Waals surface area contributed by atoms with Crippen molar-refractivity contribution in [3.05, 3.63) is 28.2 Å². The molecule has 0 aromatic heterocycles. The second-order valence-corrected chi connectivity index (χ2v) is 13.2. The Bertz CT molecular complexity index is 1080. The molecule has 224 valence electrons. The first kappa shape index (κ1) is 33.5. The zero-order valence-electron chi connectivity index (χ0n) is 24.5. The summed E-state index contributed by atoms with van der Waals surface area (Å²) < 4.78 is 11.4. The number of aliphatic hydroxyl groups is 1. The van der Waals surface area contributed by atoms with Crippen molar-refractivity contribution in [3.63, 3.8) is 0 Å². The first-order valence-corrected chi connectivity index (χ1v) is 14.4. The van der Waals surface area contributed by atoms with Gasteiger partial charge in [0.05, 0.1) is 30.6 Å². The quantitative estimate of drug-likeness (QED) is 0.300. The number of benzene rings is 1. The van der Waals surface area contributed by atoms with Gasteiger partial charge in [-0.2, -0.15) is 0 Å². The van der Waals surface area contributed by atoms with Crippen LogP contribution in [-0.2, 0) is 30.3 Å². The van der Waals surface area contributed by atoms with E-state index in [-0.39, 0.29) is 44.3 Å². The molecule has 2 amide bonds. The lowest BCUT2D eigenvalue weighted by Crippen LogP contribution is -2.49. The topological polar surface area (TPSA) is 142 Å². The molecule has 0 fully saturated rings. The van der Waals surface area contributed by atoms with Crippen molar-refractivity contribution in [2.75, 3.05) is 18.1 Å². The lowest BCUT2D eigenvalue weighted by Gasteiger charge is -2.37. The van der Waals surface area contributed by atoms with Gasteiger partial charge in [-0.05, 0) is 76.1 Å². The molecule has 1 aliphatic rings. The molecule has 1 aromatic rings. The number of amides is 2. The second kappa shape index (κ2) is 13.8. The summed E-state index contributed by atoms with van der Waals surface area (Å²) in [6.45, 7) is 12.5. The smallest absolute Gasteiger partial charge is 0.407 e. The van der Waals surface area contributed by atoms with Crippen molar-refractivity contribution in [2.24, 2.45) is 17.3 Å². The third-order valence-electron chi connectivity index (χ3n) is 6.71. The molecule has 0 spiro atoms. The molecule has 3 N–H and O–H groups in total. The fraction of sp³-hybridized carbons (Fsp3) is 0.655. The molecule has 0 radical (unpaired) electrons. The van der Waals surface area contributed by atoms with Crippen molar-refractivity contribution in [3.8, 4) is 0 Å². The number of halogens is 1. The molecule has 4 atom stereocenters. The highest BCUT2D eigenvalue weighted by molar-refractivity contribution is 9.10. The van der Waals surface area contributed by atoms with E-state index in [9.17, 15) is 29.4 Å². The predicted molar refractivity (Wildman–Crippen MR) is 154 cm³/mol. The van der Waals surface area contributed by atoms with Gasteiger partial charge in [0, 0.05) is 23.1 Å². The summed E-state index contributed by atoms with van der Waals surface area (Å²) in [7, 11) is 0. The Labute approximate surface area is 244 Å². The number of hydrogen-bond donors (Lipinski definition) is 3. The summed E-state index contributed by atoms with van der Waals surface area (Å²) in [5.74, 6) is -2.98. The maximum Gasteiger partial charge on any atom is 0.407 e. The van der Waals surface area contributed by atoms with Gasteiger partial charge in [0.25, 0.3) is 0 Å². The molecule has 1 aliphatic heterocycles. The van der Waals surface area contributed by atoms with E-state index in [0.29, 0.717) is 6.42 Å². The number of ether oxygens (including phenoxy) is 2. The predicted octanol–water partition coefficient (Wildman–Crippen LogP) is 4.69. The zero-order valence-corrected chi connectivity index (χ0v) is 26.0. The van der Waals surface area contributed by atoms with E-state index in [4.69, 9.17) is 9.47 Å². The van der Waals surface area contributed by atoms with Crippen LogP contribution in [0.1, 0.15) is 73.3 Å². The maximum atomic E-state index is 13.7. The van der Waals surface area contributed by atoms with Gasteiger partial charge in [-0.3, -0.25) is 14.4 Å². The van der Waals surface area contributed by atoms with Gasteiger partial charge in [0.15, 0.2) is 0 Å². The normalized spacial score (nSPS) is 17.7. The van der Waals surface area contributed by atoms with Crippen LogP contribution in [0.15, 0.2) is 22.7 Å². The van der Waals surface area contributed by atoms with Gasteiger partial charge < -0.3 is 29.9 Å². The summed E-state index contributed by atoms with van der Waals surface area (Å²) in [6.07, 6.45) is -1.34. The molecule has 0 bridgehead atoms. The van der Waals surface area contributed by atoms with Crippen LogP contribution < -0.4 is 10.2 Å². The number of rotatable bonds is 11. The minimum absolute atomic E-state index is 0.0474. The Morgan fingerprint density at radius 1 is 1.18 bits per heavy atom. The number of fused-ring (bicyclic) bond motifs is 1. The number of alkyl carbamates (subject to hydrolysis) is 1. The number of anilines is 1. The van der Waals surface area contributed by atoms with Crippen molar-refractivity contribution in [2.45, 2.75) is 91.9 Å². The number of hydrogen-bond acceptors (Lipinski definition) is 7. The summed E-state index contributed by atoms with van der Waals surface area (Å²) in [5.41, 5.74) is 0.0815. The van der Waals surface area contributed by atoms with Crippen LogP contribution in [0.5, 0.6) is 0 Å². The highest BCUT2D eigenvalue weighted by Crippen LogP contribution is 2.36. The highest BCUT2D eigenvalue weighted by Gasteiger charge is 2.38. The number of aliphatic carboxylic acids is 1. The van der Waals surface area contributed by atoms with E-state index in [0.717, 1.165) is 15.7 Å². The molecule has 10 nitrogen and oxygen atoms in total. The number of nitrogens with zero attached hydrogens (tertiary/aromatic N) is 1. The lowest BCUT2D eigenvalue weighted by molar-refractivity contribution is -0.148. The molecule has 0 saturated heterocycles. The average molecular weight is 628 g/mol. The van der Waals surface area contributed by atoms with Crippen LogP contribution >= 0.6 is 15.9 Å².